The van der Waals surface area contributed by atoms with Crippen LogP contribution in [0.3, 0.4) is 0 Å². The largest absolute Gasteiger partial charge is 0.497 e. The van der Waals surface area contributed by atoms with Crippen molar-refractivity contribution in [2.24, 2.45) is 10.3 Å². The van der Waals surface area contributed by atoms with Gasteiger partial charge in [-0.25, -0.2) is 4.79 Å². The van der Waals surface area contributed by atoms with Gasteiger partial charge in [0, 0.05) is 0 Å². The third-order valence-electron chi connectivity index (χ3n) is 2.49. The van der Waals surface area contributed by atoms with E-state index in [0.29, 0.717) is 0 Å². The summed E-state index contributed by atoms with van der Waals surface area (Å²) in [4.78, 5) is 10.4. The van der Waals surface area contributed by atoms with Crippen LogP contribution in [0.5, 0.6) is 11.5 Å². The molecule has 0 fully saturated rings. The molecule has 0 radical (unpaired) electrons. The molecule has 1 aromatic rings. The van der Waals surface area contributed by atoms with E-state index in [4.69, 9.17) is 14.6 Å². The standard InChI is InChI=1S/C8H10O2.C6H11NO4S/c1-9-7-3-5-8(10-2)6-4-7;1-4(2)3-5(6(8)9)7-12(10)11/h3-6H,1-2H3;4-5H,3H2,1-2H3,(H,8,9). The van der Waals surface area contributed by atoms with E-state index in [1.165, 1.54) is 0 Å². The second kappa shape index (κ2) is 10.6. The third-order valence-corrected chi connectivity index (χ3v) is 2.91. The van der Waals surface area contributed by atoms with Crippen LogP contribution in [0.2, 0.25) is 0 Å². The minimum Gasteiger partial charge on any atom is -0.497 e. The van der Waals surface area contributed by atoms with Crippen molar-refractivity contribution in [2.75, 3.05) is 14.2 Å². The Morgan fingerprint density at radius 1 is 1.14 bits per heavy atom. The zero-order valence-electron chi connectivity index (χ0n) is 13.0. The van der Waals surface area contributed by atoms with E-state index in [2.05, 4.69) is 4.36 Å². The molecule has 1 aromatic carbocycles. The van der Waals surface area contributed by atoms with Gasteiger partial charge in [0.1, 0.15) is 11.5 Å². The Kier molecular flexibility index (Phi) is 9.60. The fourth-order valence-corrected chi connectivity index (χ4v) is 1.84. The average molecular weight is 331 g/mol. The number of nitrogens with zero attached hydrogens (tertiary/aromatic N) is 1. The van der Waals surface area contributed by atoms with Crippen molar-refractivity contribution in [2.45, 2.75) is 26.3 Å². The zero-order valence-corrected chi connectivity index (χ0v) is 13.8. The van der Waals surface area contributed by atoms with Gasteiger partial charge in [0.15, 0.2) is 6.04 Å². The van der Waals surface area contributed by atoms with Gasteiger partial charge in [0.05, 0.1) is 14.2 Å². The molecule has 124 valence electrons. The Hall–Kier alpha value is -2.09. The molecule has 0 spiro atoms. The first-order valence-electron chi connectivity index (χ1n) is 6.51. The number of benzene rings is 1. The molecule has 0 bridgehead atoms. The van der Waals surface area contributed by atoms with Gasteiger partial charge in [-0.15, -0.1) is 0 Å². The number of hydrogen-bond donors (Lipinski definition) is 1. The lowest BCUT2D eigenvalue weighted by molar-refractivity contribution is -0.138. The van der Waals surface area contributed by atoms with Crippen LogP contribution in [0.25, 0.3) is 0 Å². The molecule has 0 saturated heterocycles. The molecule has 0 aliphatic heterocycles. The lowest BCUT2D eigenvalue weighted by atomic mass is 10.1. The Labute approximate surface area is 131 Å². The Morgan fingerprint density at radius 3 is 1.77 bits per heavy atom. The second-order valence-corrected chi connectivity index (χ2v) is 5.33. The molecule has 22 heavy (non-hydrogen) atoms. The highest BCUT2D eigenvalue weighted by molar-refractivity contribution is 7.61. The molecular weight excluding hydrogens is 310 g/mol. The summed E-state index contributed by atoms with van der Waals surface area (Å²) >= 11 is 0. The molecule has 7 nitrogen and oxygen atoms in total. The first-order valence-corrected chi connectivity index (χ1v) is 7.54. The van der Waals surface area contributed by atoms with Crippen molar-refractivity contribution in [1.82, 2.24) is 0 Å². The van der Waals surface area contributed by atoms with Crippen LogP contribution in [0, 0.1) is 5.92 Å². The SMILES string of the molecule is CC(C)CC(N=S(=O)=O)C(=O)O.COc1ccc(OC)cc1. The quantitative estimate of drug-likeness (QED) is 0.857. The van der Waals surface area contributed by atoms with Gasteiger partial charge >= 0.3 is 16.5 Å². The number of methoxy groups -OCH3 is 2. The highest BCUT2D eigenvalue weighted by Gasteiger charge is 2.17. The first-order chi connectivity index (χ1) is 10.3. The number of ether oxygens (including phenoxy) is 2. The summed E-state index contributed by atoms with van der Waals surface area (Å²) in [6.07, 6.45) is 0.239. The molecule has 1 atom stereocenters. The maximum atomic E-state index is 10.4. The molecule has 0 aliphatic rings. The Morgan fingerprint density at radius 2 is 1.55 bits per heavy atom. The van der Waals surface area contributed by atoms with Crippen molar-refractivity contribution < 1.29 is 27.8 Å². The van der Waals surface area contributed by atoms with Gasteiger partial charge in [-0.2, -0.15) is 12.8 Å². The zero-order chi connectivity index (χ0) is 17.1. The first kappa shape index (κ1) is 19.9. The summed E-state index contributed by atoms with van der Waals surface area (Å²) in [5, 5.41) is 8.50. The Balaban J connectivity index is 0.000000406. The monoisotopic (exact) mass is 331 g/mol. The van der Waals surface area contributed by atoms with Crippen molar-refractivity contribution in [1.29, 1.82) is 0 Å². The fourth-order valence-electron chi connectivity index (χ4n) is 1.45. The third kappa shape index (κ3) is 8.96. The second-order valence-electron chi connectivity index (χ2n) is 4.69. The highest BCUT2D eigenvalue weighted by Crippen LogP contribution is 2.15. The summed E-state index contributed by atoms with van der Waals surface area (Å²) < 4.78 is 33.1. The van der Waals surface area contributed by atoms with Crippen molar-refractivity contribution in [3.05, 3.63) is 24.3 Å². The van der Waals surface area contributed by atoms with Crippen LogP contribution in [-0.4, -0.2) is 39.8 Å². The van der Waals surface area contributed by atoms with Crippen LogP contribution in [-0.2, 0) is 15.3 Å². The van der Waals surface area contributed by atoms with Gasteiger partial charge in [-0.05, 0) is 36.6 Å². The van der Waals surface area contributed by atoms with Crippen LogP contribution in [0.4, 0.5) is 0 Å². The molecule has 0 amide bonds. The highest BCUT2D eigenvalue weighted by atomic mass is 32.2. The minimum absolute atomic E-state index is 0.110. The molecule has 0 saturated carbocycles. The van der Waals surface area contributed by atoms with Crippen LogP contribution < -0.4 is 9.47 Å². The Bertz CT molecular complexity index is 549. The molecule has 8 heteroatoms. The number of carbonyl (C=O) groups is 1. The summed E-state index contributed by atoms with van der Waals surface area (Å²) in [5.41, 5.74) is 0. The van der Waals surface area contributed by atoms with Crippen LogP contribution >= 0.6 is 0 Å². The summed E-state index contributed by atoms with van der Waals surface area (Å²) in [7, 11) is 0.643. The van der Waals surface area contributed by atoms with E-state index in [9.17, 15) is 13.2 Å². The van der Waals surface area contributed by atoms with Crippen molar-refractivity contribution in [3.63, 3.8) is 0 Å². The molecule has 1 N–H and O–H groups in total. The van der Waals surface area contributed by atoms with Gasteiger partial charge in [-0.3, -0.25) is 0 Å². The van der Waals surface area contributed by atoms with Gasteiger partial charge < -0.3 is 14.6 Å². The van der Waals surface area contributed by atoms with Gasteiger partial charge in [0.25, 0.3) is 0 Å². The normalized spacial score (nSPS) is 11.0. The molecule has 1 unspecified atom stereocenters. The van der Waals surface area contributed by atoms with Crippen LogP contribution in [0.1, 0.15) is 20.3 Å². The van der Waals surface area contributed by atoms with Gasteiger partial charge in [0.2, 0.25) is 0 Å². The molecule has 0 heterocycles. The fraction of sp³-hybridized carbons (Fsp3) is 0.500. The predicted octanol–water partition coefficient (Wildman–Crippen LogP) is 2.25. The maximum Gasteiger partial charge on any atom is 0.329 e. The topological polar surface area (TPSA) is 102 Å². The average Bonchev–Trinajstić information content (AvgIpc) is 2.46. The van der Waals surface area contributed by atoms with E-state index in [0.717, 1.165) is 11.5 Å². The number of carboxylic acids is 1. The number of carboxylic acid groups (broad SMARTS) is 1. The number of hydrogen-bond acceptors (Lipinski definition) is 6. The van der Waals surface area contributed by atoms with E-state index >= 15 is 0 Å². The minimum atomic E-state index is -2.64. The van der Waals surface area contributed by atoms with Gasteiger partial charge in [-0.1, -0.05) is 13.8 Å². The summed E-state index contributed by atoms with van der Waals surface area (Å²) in [6, 6.07) is 6.30. The smallest absolute Gasteiger partial charge is 0.329 e. The molecule has 1 rings (SSSR count). The van der Waals surface area contributed by atoms with Crippen molar-refractivity contribution >= 4 is 16.5 Å². The van der Waals surface area contributed by atoms with E-state index < -0.39 is 22.5 Å². The van der Waals surface area contributed by atoms with E-state index in [-0.39, 0.29) is 12.3 Å². The van der Waals surface area contributed by atoms with Crippen LogP contribution in [0.15, 0.2) is 28.6 Å². The van der Waals surface area contributed by atoms with E-state index in [1.807, 2.05) is 24.3 Å². The summed E-state index contributed by atoms with van der Waals surface area (Å²) in [6.45, 7) is 3.61. The maximum absolute atomic E-state index is 10.4. The lowest BCUT2D eigenvalue weighted by Gasteiger charge is -2.06. The summed E-state index contributed by atoms with van der Waals surface area (Å²) in [5.74, 6) is 0.605. The molecular formula is C14H21NO6S. The lowest BCUT2D eigenvalue weighted by Crippen LogP contribution is -2.19. The number of rotatable bonds is 6. The number of aliphatic carboxylic acids is 1. The van der Waals surface area contributed by atoms with E-state index in [1.54, 1.807) is 28.1 Å². The van der Waals surface area contributed by atoms with Crippen molar-refractivity contribution in [3.8, 4) is 11.5 Å². The molecule has 0 aliphatic carbocycles. The molecule has 0 aromatic heterocycles. The predicted molar refractivity (Wildman–Crippen MR) is 81.8 cm³/mol.